The van der Waals surface area contributed by atoms with Crippen LogP contribution in [0.1, 0.15) is 53.4 Å². The molecule has 0 atom stereocenters. The van der Waals surface area contributed by atoms with Crippen LogP contribution in [0.5, 0.6) is 0 Å². The lowest BCUT2D eigenvalue weighted by atomic mass is 10.3. The van der Waals surface area contributed by atoms with Crippen LogP contribution in [-0.2, 0) is 50.2 Å². The van der Waals surface area contributed by atoms with Crippen molar-refractivity contribution >= 4 is 17.6 Å². The van der Waals surface area contributed by atoms with Crippen molar-refractivity contribution < 1.29 is 50.2 Å². The Labute approximate surface area is 264 Å². The van der Waals surface area contributed by atoms with E-state index in [2.05, 4.69) is 11.8 Å². The standard InChI is InChI=1S/C29H65NO11Si2/c1-8-12-18-34-20-22-36-24-26-38-27-25-37-23-21-35-19-17-30(15-13-28-42(31-5,32-6)33-7)16-14-29-43(39-9-2,40-10-3)41-11-4/h8-29H2,1-7H3. The van der Waals surface area contributed by atoms with Gasteiger partial charge < -0.3 is 55.1 Å². The maximum Gasteiger partial charge on any atom is 0.500 e. The first-order valence-electron chi connectivity index (χ1n) is 16.2. The molecule has 12 nitrogen and oxygen atoms in total. The van der Waals surface area contributed by atoms with Crippen LogP contribution in [-0.4, -0.2) is 149 Å². The number of hydrogen-bond donors (Lipinski definition) is 0. The van der Waals surface area contributed by atoms with Crippen molar-refractivity contribution in [3.05, 3.63) is 0 Å². The van der Waals surface area contributed by atoms with Gasteiger partial charge >= 0.3 is 17.6 Å². The maximum absolute atomic E-state index is 6.03. The van der Waals surface area contributed by atoms with Crippen molar-refractivity contribution in [2.24, 2.45) is 0 Å². The summed E-state index contributed by atoms with van der Waals surface area (Å²) < 4.78 is 62.9. The minimum absolute atomic E-state index is 0.532. The second-order valence-corrected chi connectivity index (χ2v) is 15.6. The van der Waals surface area contributed by atoms with Crippen LogP contribution in [0.3, 0.4) is 0 Å². The van der Waals surface area contributed by atoms with E-state index < -0.39 is 17.6 Å². The Bertz CT molecular complexity index is 555. The van der Waals surface area contributed by atoms with E-state index in [9.17, 15) is 0 Å². The highest BCUT2D eigenvalue weighted by Crippen LogP contribution is 2.19. The van der Waals surface area contributed by atoms with Crippen LogP contribution < -0.4 is 0 Å². The number of unbranched alkanes of at least 4 members (excludes halogenated alkanes) is 1. The molecule has 0 aromatic heterocycles. The monoisotopic (exact) mass is 659 g/mol. The van der Waals surface area contributed by atoms with Gasteiger partial charge in [-0.15, -0.1) is 0 Å². The smallest absolute Gasteiger partial charge is 0.379 e. The first-order chi connectivity index (χ1) is 21.0. The summed E-state index contributed by atoms with van der Waals surface area (Å²) in [5.41, 5.74) is 0. The van der Waals surface area contributed by atoms with Gasteiger partial charge in [0.15, 0.2) is 0 Å². The summed E-state index contributed by atoms with van der Waals surface area (Å²) >= 11 is 0. The zero-order valence-corrected chi connectivity index (χ0v) is 30.5. The van der Waals surface area contributed by atoms with Crippen LogP contribution in [0.15, 0.2) is 0 Å². The lowest BCUT2D eigenvalue weighted by Gasteiger charge is -2.30. The highest BCUT2D eigenvalue weighted by atomic mass is 28.4. The molecule has 0 unspecified atom stereocenters. The topological polar surface area (TPSA) is 105 Å². The van der Waals surface area contributed by atoms with E-state index in [4.69, 9.17) is 50.2 Å². The van der Waals surface area contributed by atoms with Crippen molar-refractivity contribution in [3.63, 3.8) is 0 Å². The van der Waals surface area contributed by atoms with Crippen LogP contribution in [0, 0.1) is 0 Å². The molecule has 43 heavy (non-hydrogen) atoms. The fourth-order valence-electron chi connectivity index (χ4n) is 4.35. The Morgan fingerprint density at radius 1 is 0.419 bits per heavy atom. The lowest BCUT2D eigenvalue weighted by Crippen LogP contribution is -2.46. The normalized spacial score (nSPS) is 12.6. The Hall–Kier alpha value is -0.0462. The van der Waals surface area contributed by atoms with Crippen molar-refractivity contribution in [2.45, 2.75) is 65.5 Å². The highest BCUT2D eigenvalue weighted by molar-refractivity contribution is 6.61. The molecule has 14 heteroatoms. The van der Waals surface area contributed by atoms with E-state index in [1.807, 2.05) is 20.8 Å². The molecule has 0 aliphatic rings. The molecule has 0 aliphatic carbocycles. The molecule has 0 aromatic carbocycles. The molecular formula is C29H65NO11Si2. The fraction of sp³-hybridized carbons (Fsp3) is 1.00. The fourth-order valence-corrected chi connectivity index (χ4v) is 8.65. The molecule has 0 fully saturated rings. The molecule has 0 radical (unpaired) electrons. The van der Waals surface area contributed by atoms with E-state index in [0.717, 1.165) is 64.0 Å². The molecule has 0 aromatic rings. The van der Waals surface area contributed by atoms with Gasteiger partial charge in [-0.2, -0.15) is 0 Å². The van der Waals surface area contributed by atoms with E-state index in [0.29, 0.717) is 79.3 Å². The lowest BCUT2D eigenvalue weighted by molar-refractivity contribution is -0.0124. The largest absolute Gasteiger partial charge is 0.500 e. The van der Waals surface area contributed by atoms with Gasteiger partial charge in [0.25, 0.3) is 0 Å². The zero-order valence-electron chi connectivity index (χ0n) is 28.5. The molecule has 0 saturated carbocycles. The molecular weight excluding hydrogens is 594 g/mol. The number of rotatable bonds is 35. The van der Waals surface area contributed by atoms with Crippen LogP contribution in [0.25, 0.3) is 0 Å². The zero-order chi connectivity index (χ0) is 31.9. The van der Waals surface area contributed by atoms with Crippen molar-refractivity contribution in [2.75, 3.05) is 127 Å². The Balaban J connectivity index is 4.33. The molecule has 0 N–H and O–H groups in total. The van der Waals surface area contributed by atoms with Crippen molar-refractivity contribution in [1.82, 2.24) is 4.90 Å². The van der Waals surface area contributed by atoms with E-state index >= 15 is 0 Å². The molecule has 0 bridgehead atoms. The van der Waals surface area contributed by atoms with Crippen LogP contribution in [0.2, 0.25) is 12.1 Å². The minimum atomic E-state index is -2.67. The summed E-state index contributed by atoms with van der Waals surface area (Å²) in [5.74, 6) is 0. The summed E-state index contributed by atoms with van der Waals surface area (Å²) in [6.07, 6.45) is 4.05. The second kappa shape index (κ2) is 30.6. The Kier molecular flexibility index (Phi) is 30.6. The van der Waals surface area contributed by atoms with Crippen LogP contribution >= 0.6 is 0 Å². The SMILES string of the molecule is CCCCOCCOCCOCCOCCOCCN(CCC[Si](OC)(OC)OC)CCC[Si](OCC)(OCC)OCC. The Morgan fingerprint density at radius 2 is 0.791 bits per heavy atom. The molecule has 0 spiro atoms. The Morgan fingerprint density at radius 3 is 1.16 bits per heavy atom. The first-order valence-corrected chi connectivity index (χ1v) is 20.1. The predicted octanol–water partition coefficient (Wildman–Crippen LogP) is 3.88. The summed E-state index contributed by atoms with van der Waals surface area (Å²) in [6.45, 7) is 18.3. The molecule has 0 rings (SSSR count). The van der Waals surface area contributed by atoms with Gasteiger partial charge in [0, 0.05) is 66.4 Å². The quantitative estimate of drug-likeness (QED) is 0.0729. The summed E-state index contributed by atoms with van der Waals surface area (Å²) in [4.78, 5) is 2.40. The predicted molar refractivity (Wildman–Crippen MR) is 172 cm³/mol. The average Bonchev–Trinajstić information content (AvgIpc) is 3.01. The summed E-state index contributed by atoms with van der Waals surface area (Å²) in [6, 6.07) is 1.53. The third-order valence-electron chi connectivity index (χ3n) is 6.62. The molecule has 0 aliphatic heterocycles. The summed E-state index contributed by atoms with van der Waals surface area (Å²) in [5, 5.41) is 0. The third kappa shape index (κ3) is 23.0. The van der Waals surface area contributed by atoms with Gasteiger partial charge in [-0.1, -0.05) is 13.3 Å². The average molecular weight is 660 g/mol. The van der Waals surface area contributed by atoms with Crippen LogP contribution in [0.4, 0.5) is 0 Å². The molecule has 0 heterocycles. The van der Waals surface area contributed by atoms with Gasteiger partial charge in [-0.25, -0.2) is 0 Å². The van der Waals surface area contributed by atoms with Crippen molar-refractivity contribution in [1.29, 1.82) is 0 Å². The van der Waals surface area contributed by atoms with E-state index in [-0.39, 0.29) is 0 Å². The minimum Gasteiger partial charge on any atom is -0.379 e. The van der Waals surface area contributed by atoms with Crippen molar-refractivity contribution in [3.8, 4) is 0 Å². The van der Waals surface area contributed by atoms with Gasteiger partial charge in [0.2, 0.25) is 0 Å². The molecule has 0 saturated heterocycles. The van der Waals surface area contributed by atoms with E-state index in [1.165, 1.54) is 0 Å². The number of nitrogens with zero attached hydrogens (tertiary/aromatic N) is 1. The third-order valence-corrected chi connectivity index (χ3v) is 12.6. The first kappa shape index (κ1) is 43.0. The molecule has 0 amide bonds. The number of hydrogen-bond acceptors (Lipinski definition) is 12. The maximum atomic E-state index is 6.03. The van der Waals surface area contributed by atoms with Gasteiger partial charge in [-0.3, -0.25) is 0 Å². The second-order valence-electron chi connectivity index (χ2n) is 9.74. The van der Waals surface area contributed by atoms with E-state index in [1.54, 1.807) is 21.3 Å². The van der Waals surface area contributed by atoms with Gasteiger partial charge in [0.1, 0.15) is 0 Å². The highest BCUT2D eigenvalue weighted by Gasteiger charge is 2.40. The number of ether oxygens (including phenoxy) is 5. The van der Waals surface area contributed by atoms with Gasteiger partial charge in [-0.05, 0) is 53.1 Å². The summed E-state index contributed by atoms with van der Waals surface area (Å²) in [7, 11) is -0.315. The molecule has 260 valence electrons. The van der Waals surface area contributed by atoms with Gasteiger partial charge in [0.05, 0.1) is 59.5 Å².